The largest absolute Gasteiger partial charge is 0.416 e. The number of benzene rings is 2. The summed E-state index contributed by atoms with van der Waals surface area (Å²) in [6.45, 7) is 0. The highest BCUT2D eigenvalue weighted by atomic mass is 35.5. The van der Waals surface area contributed by atoms with Crippen molar-refractivity contribution in [3.05, 3.63) is 59.7 Å². The first-order valence-electron chi connectivity index (χ1n) is 5.36. The minimum Gasteiger partial charge on any atom is -0.276 e. The van der Waals surface area contributed by atoms with Gasteiger partial charge in [0.15, 0.2) is 0 Å². The number of carbonyl (C=O) groups is 1. The van der Waals surface area contributed by atoms with Crippen molar-refractivity contribution in [2.24, 2.45) is 0 Å². The average molecular weight is 285 g/mol. The highest BCUT2D eigenvalue weighted by molar-refractivity contribution is 6.68. The first kappa shape index (κ1) is 13.6. The molecule has 0 N–H and O–H groups in total. The molecule has 2 aromatic rings. The second-order valence-electron chi connectivity index (χ2n) is 3.90. The zero-order valence-corrected chi connectivity index (χ0v) is 10.3. The molecule has 0 aliphatic rings. The Labute approximate surface area is 112 Å². The molecule has 0 bridgehead atoms. The molecule has 19 heavy (non-hydrogen) atoms. The predicted molar refractivity (Wildman–Crippen MR) is 67.1 cm³/mol. The Hall–Kier alpha value is -1.81. The van der Waals surface area contributed by atoms with Crippen LogP contribution in [0.1, 0.15) is 15.9 Å². The van der Waals surface area contributed by atoms with Crippen molar-refractivity contribution in [2.45, 2.75) is 6.18 Å². The molecule has 0 radical (unpaired) electrons. The minimum absolute atomic E-state index is 0.150. The van der Waals surface area contributed by atoms with Crippen LogP contribution < -0.4 is 0 Å². The van der Waals surface area contributed by atoms with Crippen LogP contribution in [0.2, 0.25) is 0 Å². The normalized spacial score (nSPS) is 11.4. The van der Waals surface area contributed by atoms with Crippen LogP contribution in [0, 0.1) is 0 Å². The lowest BCUT2D eigenvalue weighted by Crippen LogP contribution is -2.07. The molecule has 0 aliphatic carbocycles. The summed E-state index contributed by atoms with van der Waals surface area (Å²) in [5, 5.41) is -0.912. The summed E-state index contributed by atoms with van der Waals surface area (Å²) in [6.07, 6.45) is -4.50. The standard InChI is InChI=1S/C14H8ClF3O/c15-13(19)12-8-10(14(16,17)18)6-7-11(12)9-4-2-1-3-5-9/h1-8H. The van der Waals surface area contributed by atoms with Gasteiger partial charge in [-0.3, -0.25) is 4.79 Å². The SMILES string of the molecule is O=C(Cl)c1cc(C(F)(F)F)ccc1-c1ccccc1. The third kappa shape index (κ3) is 2.96. The van der Waals surface area contributed by atoms with Crippen molar-refractivity contribution in [3.63, 3.8) is 0 Å². The summed E-state index contributed by atoms with van der Waals surface area (Å²) in [5.74, 6) is 0. The van der Waals surface area contributed by atoms with E-state index in [0.29, 0.717) is 11.1 Å². The molecule has 0 amide bonds. The zero-order chi connectivity index (χ0) is 14.0. The maximum absolute atomic E-state index is 12.6. The number of hydrogen-bond donors (Lipinski definition) is 0. The van der Waals surface area contributed by atoms with Gasteiger partial charge in [0.2, 0.25) is 0 Å². The van der Waals surface area contributed by atoms with E-state index in [1.165, 1.54) is 6.07 Å². The van der Waals surface area contributed by atoms with Crippen LogP contribution in [0.15, 0.2) is 48.5 Å². The van der Waals surface area contributed by atoms with Gasteiger partial charge < -0.3 is 0 Å². The summed E-state index contributed by atoms with van der Waals surface area (Å²) >= 11 is 5.37. The Kier molecular flexibility index (Phi) is 3.62. The van der Waals surface area contributed by atoms with E-state index in [9.17, 15) is 18.0 Å². The van der Waals surface area contributed by atoms with Gasteiger partial charge in [0.1, 0.15) is 0 Å². The number of halogens is 4. The van der Waals surface area contributed by atoms with Crippen LogP contribution in [0.4, 0.5) is 13.2 Å². The summed E-state index contributed by atoms with van der Waals surface area (Å²) in [7, 11) is 0. The van der Waals surface area contributed by atoms with Crippen molar-refractivity contribution < 1.29 is 18.0 Å². The van der Waals surface area contributed by atoms with E-state index in [1.807, 2.05) is 0 Å². The Morgan fingerprint density at radius 1 is 1.00 bits per heavy atom. The molecule has 0 heterocycles. The molecule has 2 rings (SSSR count). The molecule has 2 aromatic carbocycles. The highest BCUT2D eigenvalue weighted by Crippen LogP contribution is 2.33. The van der Waals surface area contributed by atoms with Gasteiger partial charge in [0.25, 0.3) is 5.24 Å². The lowest BCUT2D eigenvalue weighted by Gasteiger charge is -2.11. The van der Waals surface area contributed by atoms with E-state index in [4.69, 9.17) is 11.6 Å². The van der Waals surface area contributed by atoms with E-state index in [0.717, 1.165) is 12.1 Å². The Morgan fingerprint density at radius 3 is 2.16 bits per heavy atom. The van der Waals surface area contributed by atoms with Crippen LogP contribution in [0.25, 0.3) is 11.1 Å². The second-order valence-corrected chi connectivity index (χ2v) is 4.24. The van der Waals surface area contributed by atoms with E-state index in [1.54, 1.807) is 30.3 Å². The Bertz CT molecular complexity index is 606. The molecule has 0 spiro atoms. The van der Waals surface area contributed by atoms with Crippen LogP contribution >= 0.6 is 11.6 Å². The van der Waals surface area contributed by atoms with E-state index in [2.05, 4.69) is 0 Å². The minimum atomic E-state index is -4.50. The third-order valence-corrected chi connectivity index (χ3v) is 2.85. The number of alkyl halides is 3. The van der Waals surface area contributed by atoms with Gasteiger partial charge in [-0.15, -0.1) is 0 Å². The first-order valence-corrected chi connectivity index (χ1v) is 5.74. The quantitative estimate of drug-likeness (QED) is 0.727. The molecule has 0 aliphatic heterocycles. The van der Waals surface area contributed by atoms with Crippen molar-refractivity contribution in [3.8, 4) is 11.1 Å². The molecule has 0 aromatic heterocycles. The fourth-order valence-corrected chi connectivity index (χ4v) is 1.91. The van der Waals surface area contributed by atoms with Gasteiger partial charge in [-0.2, -0.15) is 13.2 Å². The summed E-state index contributed by atoms with van der Waals surface area (Å²) < 4.78 is 37.8. The van der Waals surface area contributed by atoms with Crippen LogP contribution in [-0.2, 0) is 6.18 Å². The molecule has 1 nitrogen and oxygen atoms in total. The smallest absolute Gasteiger partial charge is 0.276 e. The zero-order valence-electron chi connectivity index (χ0n) is 9.54. The number of carbonyl (C=O) groups excluding carboxylic acids is 1. The maximum atomic E-state index is 12.6. The molecule has 0 fully saturated rings. The van der Waals surface area contributed by atoms with Crippen molar-refractivity contribution in [2.75, 3.05) is 0 Å². The third-order valence-electron chi connectivity index (χ3n) is 2.64. The van der Waals surface area contributed by atoms with Gasteiger partial charge in [-0.1, -0.05) is 36.4 Å². The second kappa shape index (κ2) is 5.05. The summed E-state index contributed by atoms with van der Waals surface area (Å²) in [6, 6.07) is 11.6. The lowest BCUT2D eigenvalue weighted by molar-refractivity contribution is -0.137. The monoisotopic (exact) mass is 284 g/mol. The van der Waals surface area contributed by atoms with Crippen LogP contribution in [0.5, 0.6) is 0 Å². The molecule has 5 heteroatoms. The highest BCUT2D eigenvalue weighted by Gasteiger charge is 2.31. The maximum Gasteiger partial charge on any atom is 0.416 e. The van der Waals surface area contributed by atoms with Gasteiger partial charge in [0, 0.05) is 5.56 Å². The van der Waals surface area contributed by atoms with Crippen molar-refractivity contribution in [1.82, 2.24) is 0 Å². The van der Waals surface area contributed by atoms with Crippen molar-refractivity contribution in [1.29, 1.82) is 0 Å². The Morgan fingerprint density at radius 2 is 1.63 bits per heavy atom. The first-order chi connectivity index (χ1) is 8.89. The molecular weight excluding hydrogens is 277 g/mol. The molecule has 0 saturated carbocycles. The van der Waals surface area contributed by atoms with Gasteiger partial charge >= 0.3 is 6.18 Å². The number of hydrogen-bond acceptors (Lipinski definition) is 1. The van der Waals surface area contributed by atoms with E-state index < -0.39 is 17.0 Å². The lowest BCUT2D eigenvalue weighted by atomic mass is 9.98. The predicted octanol–water partition coefficient (Wildman–Crippen LogP) is 4.75. The average Bonchev–Trinajstić information content (AvgIpc) is 2.38. The summed E-state index contributed by atoms with van der Waals surface area (Å²) in [4.78, 5) is 11.3. The molecular formula is C14H8ClF3O. The van der Waals surface area contributed by atoms with Crippen LogP contribution in [0.3, 0.4) is 0 Å². The summed E-state index contributed by atoms with van der Waals surface area (Å²) in [5.41, 5.74) is -0.0207. The molecule has 0 unspecified atom stereocenters. The van der Waals surface area contributed by atoms with Gasteiger partial charge in [0.05, 0.1) is 5.56 Å². The fourth-order valence-electron chi connectivity index (χ4n) is 1.75. The topological polar surface area (TPSA) is 17.1 Å². The van der Waals surface area contributed by atoms with Crippen LogP contribution in [-0.4, -0.2) is 5.24 Å². The molecule has 98 valence electrons. The molecule has 0 saturated heterocycles. The van der Waals surface area contributed by atoms with E-state index >= 15 is 0 Å². The van der Waals surface area contributed by atoms with E-state index in [-0.39, 0.29) is 5.56 Å². The molecule has 0 atom stereocenters. The van der Waals surface area contributed by atoms with Gasteiger partial charge in [-0.25, -0.2) is 0 Å². The number of rotatable bonds is 2. The Balaban J connectivity index is 2.61. The van der Waals surface area contributed by atoms with Crippen molar-refractivity contribution >= 4 is 16.8 Å². The fraction of sp³-hybridized carbons (Fsp3) is 0.0714. The van der Waals surface area contributed by atoms with Gasteiger partial charge in [-0.05, 0) is 34.9 Å².